The lowest BCUT2D eigenvalue weighted by molar-refractivity contribution is 0.242. The molecule has 0 aliphatic carbocycles. The van der Waals surface area contributed by atoms with E-state index in [4.69, 9.17) is 4.74 Å². The van der Waals surface area contributed by atoms with Crippen molar-refractivity contribution in [3.63, 3.8) is 0 Å². The molecule has 2 N–H and O–H groups in total. The van der Waals surface area contributed by atoms with Gasteiger partial charge in [-0.15, -0.1) is 0 Å². The van der Waals surface area contributed by atoms with Gasteiger partial charge in [-0.25, -0.2) is 4.39 Å². The number of hydrogen-bond donors (Lipinski definition) is 2. The molecule has 0 saturated heterocycles. The Kier molecular flexibility index (Phi) is 6.61. The van der Waals surface area contributed by atoms with E-state index in [2.05, 4.69) is 15.6 Å². The molecule has 24 heavy (non-hydrogen) atoms. The molecule has 0 amide bonds. The maximum Gasteiger partial charge on any atom is 0.191 e. The minimum atomic E-state index is -0.235. The van der Waals surface area contributed by atoms with Crippen LogP contribution in [0, 0.1) is 5.82 Å². The van der Waals surface area contributed by atoms with E-state index in [1.54, 1.807) is 13.1 Å². The molecular formula is C19H24FN3O. The van der Waals surface area contributed by atoms with E-state index in [1.807, 2.05) is 44.2 Å². The molecule has 0 aliphatic heterocycles. The molecule has 0 saturated carbocycles. The van der Waals surface area contributed by atoms with E-state index in [-0.39, 0.29) is 11.9 Å². The lowest BCUT2D eigenvalue weighted by atomic mass is 10.2. The van der Waals surface area contributed by atoms with Crippen LogP contribution in [0.15, 0.2) is 53.5 Å². The highest BCUT2D eigenvalue weighted by molar-refractivity contribution is 5.79. The largest absolute Gasteiger partial charge is 0.491 e. The lowest BCUT2D eigenvalue weighted by Gasteiger charge is -2.13. The third kappa shape index (κ3) is 5.91. The number of benzene rings is 2. The van der Waals surface area contributed by atoms with E-state index in [0.29, 0.717) is 19.0 Å². The highest BCUT2D eigenvalue weighted by atomic mass is 19.1. The Labute approximate surface area is 142 Å². The topological polar surface area (TPSA) is 45.7 Å². The monoisotopic (exact) mass is 329 g/mol. The van der Waals surface area contributed by atoms with E-state index in [1.165, 1.54) is 12.1 Å². The van der Waals surface area contributed by atoms with Gasteiger partial charge in [-0.05, 0) is 49.2 Å². The zero-order valence-corrected chi connectivity index (χ0v) is 14.3. The van der Waals surface area contributed by atoms with Crippen molar-refractivity contribution >= 4 is 5.96 Å². The van der Waals surface area contributed by atoms with Crippen molar-refractivity contribution in [3.8, 4) is 5.75 Å². The second-order valence-corrected chi connectivity index (χ2v) is 5.72. The minimum absolute atomic E-state index is 0.167. The second kappa shape index (κ2) is 8.91. The first-order valence-electron chi connectivity index (χ1n) is 8.01. The Balaban J connectivity index is 1.83. The Morgan fingerprint density at radius 1 is 1.04 bits per heavy atom. The van der Waals surface area contributed by atoms with Gasteiger partial charge in [0.05, 0.1) is 6.10 Å². The summed E-state index contributed by atoms with van der Waals surface area (Å²) < 4.78 is 18.8. The molecule has 5 heteroatoms. The van der Waals surface area contributed by atoms with Gasteiger partial charge in [0.15, 0.2) is 5.96 Å². The average Bonchev–Trinajstić information content (AvgIpc) is 2.56. The number of ether oxygens (including phenoxy) is 1. The standard InChI is InChI=1S/C19H24FN3O/c1-14(2)24-18-9-7-15(8-10-18)12-22-19(21-3)23-13-16-5-4-6-17(20)11-16/h4-11,14H,12-13H2,1-3H3,(H2,21,22,23). The molecule has 0 unspecified atom stereocenters. The zero-order chi connectivity index (χ0) is 17.4. The molecule has 2 aromatic rings. The summed E-state index contributed by atoms with van der Waals surface area (Å²) in [5.41, 5.74) is 1.99. The Hall–Kier alpha value is -2.56. The van der Waals surface area contributed by atoms with Gasteiger partial charge in [0.2, 0.25) is 0 Å². The summed E-state index contributed by atoms with van der Waals surface area (Å²) in [4.78, 5) is 4.17. The van der Waals surface area contributed by atoms with Crippen molar-refractivity contribution in [1.29, 1.82) is 0 Å². The molecule has 128 valence electrons. The Bertz CT molecular complexity index is 669. The average molecular weight is 329 g/mol. The number of aliphatic imine (C=N–C) groups is 1. The van der Waals surface area contributed by atoms with Crippen LogP contribution in [-0.2, 0) is 13.1 Å². The van der Waals surface area contributed by atoms with Gasteiger partial charge in [0.1, 0.15) is 11.6 Å². The molecule has 2 rings (SSSR count). The molecule has 0 radical (unpaired) electrons. The zero-order valence-electron chi connectivity index (χ0n) is 14.3. The molecule has 0 spiro atoms. The summed E-state index contributed by atoms with van der Waals surface area (Å²) in [5.74, 6) is 1.30. The van der Waals surface area contributed by atoms with Gasteiger partial charge in [0.25, 0.3) is 0 Å². The first-order valence-corrected chi connectivity index (χ1v) is 8.01. The number of nitrogens with one attached hydrogen (secondary N) is 2. The van der Waals surface area contributed by atoms with E-state index >= 15 is 0 Å². The molecule has 0 heterocycles. The fourth-order valence-corrected chi connectivity index (χ4v) is 2.20. The number of hydrogen-bond acceptors (Lipinski definition) is 2. The smallest absolute Gasteiger partial charge is 0.191 e. The van der Waals surface area contributed by atoms with Crippen molar-refractivity contribution in [2.75, 3.05) is 7.05 Å². The van der Waals surface area contributed by atoms with Crippen molar-refractivity contribution in [2.24, 2.45) is 4.99 Å². The molecule has 0 aromatic heterocycles. The summed E-state index contributed by atoms with van der Waals surface area (Å²) in [5, 5.41) is 6.40. The van der Waals surface area contributed by atoms with Crippen molar-refractivity contribution in [1.82, 2.24) is 10.6 Å². The van der Waals surface area contributed by atoms with Crippen molar-refractivity contribution < 1.29 is 9.13 Å². The van der Waals surface area contributed by atoms with Crippen LogP contribution in [0.2, 0.25) is 0 Å². The van der Waals surface area contributed by atoms with Gasteiger partial charge in [-0.1, -0.05) is 24.3 Å². The Morgan fingerprint density at radius 3 is 2.29 bits per heavy atom. The molecule has 0 fully saturated rings. The van der Waals surface area contributed by atoms with Gasteiger partial charge in [0, 0.05) is 20.1 Å². The fraction of sp³-hybridized carbons (Fsp3) is 0.316. The molecule has 0 atom stereocenters. The van der Waals surface area contributed by atoms with Crippen molar-refractivity contribution in [3.05, 3.63) is 65.5 Å². The number of halogens is 1. The third-order valence-corrected chi connectivity index (χ3v) is 3.33. The van der Waals surface area contributed by atoms with Gasteiger partial charge >= 0.3 is 0 Å². The first kappa shape index (κ1) is 17.8. The Morgan fingerprint density at radius 2 is 1.71 bits per heavy atom. The van der Waals surface area contributed by atoms with Crippen LogP contribution in [0.1, 0.15) is 25.0 Å². The summed E-state index contributed by atoms with van der Waals surface area (Å²) in [6.07, 6.45) is 0.167. The maximum atomic E-state index is 13.2. The highest BCUT2D eigenvalue weighted by Gasteiger charge is 2.01. The first-order chi connectivity index (χ1) is 11.6. The molecule has 0 aliphatic rings. The summed E-state index contributed by atoms with van der Waals surface area (Å²) in [6, 6.07) is 14.5. The molecule has 2 aromatic carbocycles. The summed E-state index contributed by atoms with van der Waals surface area (Å²) in [7, 11) is 1.71. The van der Waals surface area contributed by atoms with Crippen LogP contribution < -0.4 is 15.4 Å². The highest BCUT2D eigenvalue weighted by Crippen LogP contribution is 2.13. The third-order valence-electron chi connectivity index (χ3n) is 3.33. The molecular weight excluding hydrogens is 305 g/mol. The van der Waals surface area contributed by atoms with Crippen LogP contribution in [0.3, 0.4) is 0 Å². The number of nitrogens with zero attached hydrogens (tertiary/aromatic N) is 1. The predicted octanol–water partition coefficient (Wildman–Crippen LogP) is 3.48. The number of rotatable bonds is 6. The second-order valence-electron chi connectivity index (χ2n) is 5.72. The van der Waals surface area contributed by atoms with Crippen molar-refractivity contribution in [2.45, 2.75) is 33.0 Å². The predicted molar refractivity (Wildman–Crippen MR) is 95.6 cm³/mol. The number of guanidine groups is 1. The SMILES string of the molecule is CN=C(NCc1ccc(OC(C)C)cc1)NCc1cccc(F)c1. The van der Waals surface area contributed by atoms with Crippen LogP contribution >= 0.6 is 0 Å². The maximum absolute atomic E-state index is 13.2. The van der Waals surface area contributed by atoms with Crippen LogP contribution in [-0.4, -0.2) is 19.1 Å². The molecule has 4 nitrogen and oxygen atoms in total. The normalized spacial score (nSPS) is 11.5. The van der Waals surface area contributed by atoms with Gasteiger partial charge in [-0.2, -0.15) is 0 Å². The van der Waals surface area contributed by atoms with Crippen LogP contribution in [0.5, 0.6) is 5.75 Å². The quantitative estimate of drug-likeness (QED) is 0.630. The van der Waals surface area contributed by atoms with Gasteiger partial charge in [-0.3, -0.25) is 4.99 Å². The van der Waals surface area contributed by atoms with Crippen LogP contribution in [0.4, 0.5) is 4.39 Å². The van der Waals surface area contributed by atoms with Crippen LogP contribution in [0.25, 0.3) is 0 Å². The summed E-state index contributed by atoms with van der Waals surface area (Å²) in [6.45, 7) is 5.16. The van der Waals surface area contributed by atoms with E-state index in [9.17, 15) is 4.39 Å². The van der Waals surface area contributed by atoms with E-state index < -0.39 is 0 Å². The molecule has 0 bridgehead atoms. The lowest BCUT2D eigenvalue weighted by Crippen LogP contribution is -2.36. The fourth-order valence-electron chi connectivity index (χ4n) is 2.20. The van der Waals surface area contributed by atoms with E-state index in [0.717, 1.165) is 16.9 Å². The summed E-state index contributed by atoms with van der Waals surface area (Å²) >= 11 is 0. The minimum Gasteiger partial charge on any atom is -0.491 e. The van der Waals surface area contributed by atoms with Gasteiger partial charge < -0.3 is 15.4 Å².